The van der Waals surface area contributed by atoms with E-state index >= 15 is 0 Å². The Morgan fingerprint density at radius 2 is 2.31 bits per heavy atom. The van der Waals surface area contributed by atoms with E-state index in [1.165, 1.54) is 6.07 Å². The molecule has 0 amide bonds. The molecule has 0 fully saturated rings. The van der Waals surface area contributed by atoms with Crippen LogP contribution >= 0.6 is 15.9 Å². The molecule has 1 aliphatic rings. The van der Waals surface area contributed by atoms with E-state index in [1.54, 1.807) is 6.07 Å². The van der Waals surface area contributed by atoms with E-state index in [4.69, 9.17) is 4.74 Å². The monoisotopic (exact) mass is 246 g/mol. The Kier molecular flexibility index (Phi) is 2.26. The topological polar surface area (TPSA) is 29.5 Å². The first kappa shape index (κ1) is 8.97. The Balaban J connectivity index is 2.52. The van der Waals surface area contributed by atoms with Gasteiger partial charge in [0.05, 0.1) is 17.2 Å². The molecule has 0 bridgehead atoms. The normalized spacial score (nSPS) is 20.7. The third-order valence-electron chi connectivity index (χ3n) is 2.06. The van der Waals surface area contributed by atoms with Crippen LogP contribution in [0.2, 0.25) is 0 Å². The van der Waals surface area contributed by atoms with Crippen LogP contribution in [-0.2, 0) is 0 Å². The number of fused-ring (bicyclic) bond motifs is 1. The molecule has 13 heavy (non-hydrogen) atoms. The van der Waals surface area contributed by atoms with Crippen molar-refractivity contribution in [2.45, 2.75) is 12.5 Å². The molecule has 0 aromatic heterocycles. The fraction of sp³-hybridized carbons (Fsp3) is 0.333. The molecule has 70 valence electrons. The van der Waals surface area contributed by atoms with Crippen LogP contribution in [0, 0.1) is 5.82 Å². The van der Waals surface area contributed by atoms with Crippen LogP contribution in [0.3, 0.4) is 0 Å². The van der Waals surface area contributed by atoms with E-state index < -0.39 is 6.10 Å². The summed E-state index contributed by atoms with van der Waals surface area (Å²) < 4.78 is 18.6. The summed E-state index contributed by atoms with van der Waals surface area (Å²) >= 11 is 3.06. The molecule has 2 rings (SSSR count). The molecule has 1 aliphatic heterocycles. The van der Waals surface area contributed by atoms with Gasteiger partial charge in [0, 0.05) is 18.1 Å². The number of rotatable bonds is 0. The van der Waals surface area contributed by atoms with E-state index in [0.29, 0.717) is 28.8 Å². The molecular weight excluding hydrogens is 239 g/mol. The van der Waals surface area contributed by atoms with Gasteiger partial charge in [-0.05, 0) is 22.0 Å². The van der Waals surface area contributed by atoms with E-state index in [1.807, 2.05) is 0 Å². The first-order valence-electron chi connectivity index (χ1n) is 3.98. The number of benzene rings is 1. The Hall–Kier alpha value is -0.610. The molecular formula is C9H8BrFO2. The second kappa shape index (κ2) is 3.27. The Bertz CT molecular complexity index is 341. The van der Waals surface area contributed by atoms with Crippen LogP contribution in [0.1, 0.15) is 18.1 Å². The fourth-order valence-electron chi connectivity index (χ4n) is 1.37. The maximum absolute atomic E-state index is 13.0. The van der Waals surface area contributed by atoms with Crippen molar-refractivity contribution in [2.24, 2.45) is 0 Å². The van der Waals surface area contributed by atoms with Gasteiger partial charge in [0.15, 0.2) is 0 Å². The fourth-order valence-corrected chi connectivity index (χ4v) is 1.73. The second-order valence-corrected chi connectivity index (χ2v) is 3.81. The summed E-state index contributed by atoms with van der Waals surface area (Å²) in [4.78, 5) is 0. The molecule has 1 heterocycles. The summed E-state index contributed by atoms with van der Waals surface area (Å²) in [5, 5.41) is 9.55. The summed E-state index contributed by atoms with van der Waals surface area (Å²) in [5.74, 6) is 0.0762. The lowest BCUT2D eigenvalue weighted by atomic mass is 10.0. The summed E-state index contributed by atoms with van der Waals surface area (Å²) in [7, 11) is 0. The summed E-state index contributed by atoms with van der Waals surface area (Å²) in [6, 6.07) is 2.86. The molecule has 0 saturated carbocycles. The van der Waals surface area contributed by atoms with Gasteiger partial charge >= 0.3 is 0 Å². The number of aliphatic hydroxyl groups is 1. The highest BCUT2D eigenvalue weighted by molar-refractivity contribution is 9.10. The minimum absolute atomic E-state index is 0.357. The highest BCUT2D eigenvalue weighted by Gasteiger charge is 2.20. The summed E-state index contributed by atoms with van der Waals surface area (Å²) in [6.45, 7) is 0.440. The largest absolute Gasteiger partial charge is 0.493 e. The van der Waals surface area contributed by atoms with E-state index in [2.05, 4.69) is 15.9 Å². The zero-order chi connectivity index (χ0) is 9.42. The van der Waals surface area contributed by atoms with Crippen molar-refractivity contribution in [3.05, 3.63) is 28.0 Å². The van der Waals surface area contributed by atoms with Crippen molar-refractivity contribution >= 4 is 15.9 Å². The highest BCUT2D eigenvalue weighted by atomic mass is 79.9. The van der Waals surface area contributed by atoms with Crippen molar-refractivity contribution in [1.29, 1.82) is 0 Å². The molecule has 0 spiro atoms. The lowest BCUT2D eigenvalue weighted by Gasteiger charge is -2.22. The first-order valence-corrected chi connectivity index (χ1v) is 4.77. The third-order valence-corrected chi connectivity index (χ3v) is 2.67. The smallest absolute Gasteiger partial charge is 0.141 e. The lowest BCUT2D eigenvalue weighted by molar-refractivity contribution is 0.115. The van der Waals surface area contributed by atoms with Gasteiger partial charge in [0.2, 0.25) is 0 Å². The van der Waals surface area contributed by atoms with Gasteiger partial charge < -0.3 is 9.84 Å². The Morgan fingerprint density at radius 1 is 1.54 bits per heavy atom. The van der Waals surface area contributed by atoms with Gasteiger partial charge in [0.25, 0.3) is 0 Å². The lowest BCUT2D eigenvalue weighted by Crippen LogP contribution is -2.13. The van der Waals surface area contributed by atoms with Crippen LogP contribution < -0.4 is 4.74 Å². The molecule has 0 saturated heterocycles. The van der Waals surface area contributed by atoms with E-state index in [-0.39, 0.29) is 5.82 Å². The number of halogens is 2. The predicted octanol–water partition coefficient (Wildman–Crippen LogP) is 2.40. The average Bonchev–Trinajstić information content (AvgIpc) is 2.09. The minimum Gasteiger partial charge on any atom is -0.493 e. The first-order chi connectivity index (χ1) is 6.18. The molecule has 0 radical (unpaired) electrons. The molecule has 4 heteroatoms. The standard InChI is InChI=1S/C9H8BrFO2/c10-6-3-5-8(12)1-2-13-9(5)4-7(6)11/h3-4,8,12H,1-2H2/t8-/m0/s1. The van der Waals surface area contributed by atoms with Crippen LogP contribution in [0.5, 0.6) is 5.75 Å². The summed E-state index contributed by atoms with van der Waals surface area (Å²) in [5.41, 5.74) is 0.652. The molecule has 2 nitrogen and oxygen atoms in total. The number of hydrogen-bond donors (Lipinski definition) is 1. The zero-order valence-electron chi connectivity index (χ0n) is 6.76. The van der Waals surface area contributed by atoms with Gasteiger partial charge in [-0.2, -0.15) is 0 Å². The zero-order valence-corrected chi connectivity index (χ0v) is 8.34. The number of ether oxygens (including phenoxy) is 1. The molecule has 1 aromatic carbocycles. The van der Waals surface area contributed by atoms with Crippen molar-refractivity contribution in [3.8, 4) is 5.75 Å². The second-order valence-electron chi connectivity index (χ2n) is 2.96. The van der Waals surface area contributed by atoms with Gasteiger partial charge in [0.1, 0.15) is 11.6 Å². The van der Waals surface area contributed by atoms with E-state index in [9.17, 15) is 9.50 Å². The SMILES string of the molecule is O[C@H]1CCOc2cc(F)c(Br)cc21. The third kappa shape index (κ3) is 1.56. The Morgan fingerprint density at radius 3 is 3.08 bits per heavy atom. The van der Waals surface area contributed by atoms with Crippen molar-refractivity contribution in [1.82, 2.24) is 0 Å². The minimum atomic E-state index is -0.541. The van der Waals surface area contributed by atoms with Crippen LogP contribution in [0.15, 0.2) is 16.6 Å². The maximum Gasteiger partial charge on any atom is 0.141 e. The molecule has 1 atom stereocenters. The van der Waals surface area contributed by atoms with E-state index in [0.717, 1.165) is 0 Å². The van der Waals surface area contributed by atoms with Crippen LogP contribution in [0.4, 0.5) is 4.39 Å². The van der Waals surface area contributed by atoms with Crippen molar-refractivity contribution in [3.63, 3.8) is 0 Å². The predicted molar refractivity (Wildman–Crippen MR) is 49.2 cm³/mol. The summed E-state index contributed by atoms with van der Waals surface area (Å²) in [6.07, 6.45) is 0.0195. The van der Waals surface area contributed by atoms with Crippen molar-refractivity contribution in [2.75, 3.05) is 6.61 Å². The maximum atomic E-state index is 13.0. The Labute approximate surface area is 83.5 Å². The van der Waals surface area contributed by atoms with Crippen molar-refractivity contribution < 1.29 is 14.2 Å². The van der Waals surface area contributed by atoms with Gasteiger partial charge in [-0.15, -0.1) is 0 Å². The molecule has 1 N–H and O–H groups in total. The van der Waals surface area contributed by atoms with Gasteiger partial charge in [-0.1, -0.05) is 0 Å². The molecule has 0 unspecified atom stereocenters. The van der Waals surface area contributed by atoms with Crippen LogP contribution in [0.25, 0.3) is 0 Å². The highest BCUT2D eigenvalue weighted by Crippen LogP contribution is 2.35. The van der Waals surface area contributed by atoms with Gasteiger partial charge in [-0.25, -0.2) is 4.39 Å². The molecule has 1 aromatic rings. The number of aliphatic hydroxyl groups excluding tert-OH is 1. The quantitative estimate of drug-likeness (QED) is 0.762. The number of hydrogen-bond acceptors (Lipinski definition) is 2. The molecule has 0 aliphatic carbocycles. The van der Waals surface area contributed by atoms with Gasteiger partial charge in [-0.3, -0.25) is 0 Å². The average molecular weight is 247 g/mol. The van der Waals surface area contributed by atoms with Crippen LogP contribution in [-0.4, -0.2) is 11.7 Å².